The maximum Gasteiger partial charge on any atom is 0.335 e. The summed E-state index contributed by atoms with van der Waals surface area (Å²) in [4.78, 5) is 11.5. The van der Waals surface area contributed by atoms with E-state index >= 15 is 0 Å². The molecule has 0 amide bonds. The first kappa shape index (κ1) is 25.6. The van der Waals surface area contributed by atoms with E-state index in [1.165, 1.54) is 6.92 Å². The van der Waals surface area contributed by atoms with Gasteiger partial charge in [-0.15, -0.1) is 0 Å². The van der Waals surface area contributed by atoms with Crippen LogP contribution in [0, 0.1) is 0 Å². The van der Waals surface area contributed by atoms with E-state index in [1.807, 2.05) is 0 Å². The molecule has 0 aromatic heterocycles. The van der Waals surface area contributed by atoms with Gasteiger partial charge in [0.1, 0.15) is 54.9 Å². The number of aliphatic hydroxyl groups excluding tert-OH is 8. The highest BCUT2D eigenvalue weighted by atomic mass is 16.8. The van der Waals surface area contributed by atoms with E-state index in [4.69, 9.17) is 23.7 Å². The Labute approximate surface area is 180 Å². The van der Waals surface area contributed by atoms with Crippen LogP contribution >= 0.6 is 0 Å². The number of aliphatic hydroxyl groups is 8. The highest BCUT2D eigenvalue weighted by molar-refractivity contribution is 5.73. The van der Waals surface area contributed by atoms with Crippen LogP contribution in [0.25, 0.3) is 0 Å². The van der Waals surface area contributed by atoms with Crippen LogP contribution in [0.1, 0.15) is 6.92 Å². The fourth-order valence-electron chi connectivity index (χ4n) is 3.75. The highest BCUT2D eigenvalue weighted by Gasteiger charge is 2.54. The van der Waals surface area contributed by atoms with E-state index in [0.29, 0.717) is 0 Å². The van der Waals surface area contributed by atoms with E-state index in [1.54, 1.807) is 0 Å². The molecule has 15 nitrogen and oxygen atoms in total. The van der Waals surface area contributed by atoms with Crippen LogP contribution in [0.15, 0.2) is 0 Å². The van der Waals surface area contributed by atoms with Crippen molar-refractivity contribution in [1.82, 2.24) is 0 Å². The largest absolute Gasteiger partial charge is 0.479 e. The van der Waals surface area contributed by atoms with Crippen LogP contribution in [0.3, 0.4) is 0 Å². The molecule has 32 heavy (non-hydrogen) atoms. The fraction of sp³-hybridized carbons (Fsp3) is 0.941. The smallest absolute Gasteiger partial charge is 0.335 e. The van der Waals surface area contributed by atoms with Crippen LogP contribution in [0.5, 0.6) is 0 Å². The third-order valence-corrected chi connectivity index (χ3v) is 5.67. The highest BCUT2D eigenvalue weighted by Crippen LogP contribution is 2.32. The summed E-state index contributed by atoms with van der Waals surface area (Å²) in [7, 11) is 0. The van der Waals surface area contributed by atoms with E-state index < -0.39 is 98.6 Å². The number of ether oxygens (including phenoxy) is 5. The van der Waals surface area contributed by atoms with E-state index in [9.17, 15) is 50.8 Å². The van der Waals surface area contributed by atoms with Gasteiger partial charge in [0.15, 0.2) is 25.0 Å². The maximum atomic E-state index is 11.5. The van der Waals surface area contributed by atoms with Gasteiger partial charge in [0.05, 0.1) is 12.7 Å². The van der Waals surface area contributed by atoms with Gasteiger partial charge in [-0.25, -0.2) is 4.79 Å². The van der Waals surface area contributed by atoms with Crippen molar-refractivity contribution in [2.24, 2.45) is 0 Å². The molecule has 0 radical (unpaired) electrons. The Kier molecular flexibility index (Phi) is 8.04. The average Bonchev–Trinajstić information content (AvgIpc) is 3.02. The summed E-state index contributed by atoms with van der Waals surface area (Å²) in [6.07, 6.45) is -23.4. The van der Waals surface area contributed by atoms with Crippen molar-refractivity contribution in [1.29, 1.82) is 0 Å². The molecule has 3 rings (SSSR count). The van der Waals surface area contributed by atoms with E-state index in [0.717, 1.165) is 0 Å². The molecule has 0 aromatic rings. The van der Waals surface area contributed by atoms with Crippen molar-refractivity contribution in [3.8, 4) is 0 Å². The first-order valence-corrected chi connectivity index (χ1v) is 9.85. The van der Waals surface area contributed by atoms with Gasteiger partial charge in [0, 0.05) is 0 Å². The number of rotatable bonds is 6. The Bertz CT molecular complexity index is 649. The second-order valence-corrected chi connectivity index (χ2v) is 7.87. The maximum absolute atomic E-state index is 11.5. The van der Waals surface area contributed by atoms with Gasteiger partial charge in [-0.1, -0.05) is 0 Å². The Balaban J connectivity index is 1.82. The predicted molar refractivity (Wildman–Crippen MR) is 94.4 cm³/mol. The first-order chi connectivity index (χ1) is 15.0. The summed E-state index contributed by atoms with van der Waals surface area (Å²) < 4.78 is 26.3. The lowest BCUT2D eigenvalue weighted by Gasteiger charge is -2.46. The minimum atomic E-state index is -2.02. The van der Waals surface area contributed by atoms with Crippen molar-refractivity contribution in [3.63, 3.8) is 0 Å². The quantitative estimate of drug-likeness (QED) is 0.175. The molecule has 14 atom stereocenters. The number of carboxylic acid groups (broad SMARTS) is 1. The standard InChI is InChI=1S/C17H28O15/c1-3-5(19)7(21)12(32-16-10(24)6(20)4(2-18)29-16)17(28-3)31-11-8(22)9(23)15(27)30-13(11)14(25)26/h3-13,15-24,27H,2H2,1H3,(H,25,26)/t3-,4-,5-,6-,7+,8+,9+,10+,11-,12+,13-,15?,16-,17-/m0/s1. The SMILES string of the molecule is C[C@@H]1O[C@@H](O[C@H]2[C@H](O)[C@@H](O)C(O)O[C@@H]2C(=O)O)[C@H](O[C@@H]2O[C@@H](CO)[C@H](O)[C@H]2O)[C@H](O)[C@H]1O. The Morgan fingerprint density at radius 2 is 1.34 bits per heavy atom. The third-order valence-electron chi connectivity index (χ3n) is 5.67. The summed E-state index contributed by atoms with van der Waals surface area (Å²) >= 11 is 0. The zero-order valence-electron chi connectivity index (χ0n) is 16.8. The molecular formula is C17H28O15. The van der Waals surface area contributed by atoms with Crippen LogP contribution in [-0.2, 0) is 28.5 Å². The molecule has 0 bridgehead atoms. The molecule has 3 aliphatic heterocycles. The summed E-state index contributed by atoms with van der Waals surface area (Å²) in [6.45, 7) is 0.696. The van der Waals surface area contributed by atoms with Gasteiger partial charge < -0.3 is 69.6 Å². The van der Waals surface area contributed by atoms with E-state index in [2.05, 4.69) is 0 Å². The summed E-state index contributed by atoms with van der Waals surface area (Å²) in [6, 6.07) is 0. The number of hydrogen-bond acceptors (Lipinski definition) is 14. The van der Waals surface area contributed by atoms with Gasteiger partial charge >= 0.3 is 5.97 Å². The fourth-order valence-corrected chi connectivity index (χ4v) is 3.75. The van der Waals surface area contributed by atoms with Crippen molar-refractivity contribution in [2.45, 2.75) is 92.9 Å². The Morgan fingerprint density at radius 1 is 0.750 bits per heavy atom. The second kappa shape index (κ2) is 10.1. The zero-order chi connectivity index (χ0) is 23.9. The van der Waals surface area contributed by atoms with Crippen LogP contribution in [0.2, 0.25) is 0 Å². The molecule has 0 spiro atoms. The minimum Gasteiger partial charge on any atom is -0.479 e. The molecule has 3 saturated heterocycles. The van der Waals surface area contributed by atoms with Gasteiger partial charge in [-0.3, -0.25) is 0 Å². The van der Waals surface area contributed by atoms with Crippen LogP contribution in [0.4, 0.5) is 0 Å². The number of carboxylic acids is 1. The lowest BCUT2D eigenvalue weighted by molar-refractivity contribution is -0.365. The Morgan fingerprint density at radius 3 is 1.91 bits per heavy atom. The number of aliphatic carboxylic acids is 1. The monoisotopic (exact) mass is 472 g/mol. The summed E-state index contributed by atoms with van der Waals surface area (Å²) in [5.41, 5.74) is 0. The van der Waals surface area contributed by atoms with E-state index in [-0.39, 0.29) is 0 Å². The minimum absolute atomic E-state index is 0.659. The lowest BCUT2D eigenvalue weighted by Crippen LogP contribution is -2.65. The van der Waals surface area contributed by atoms with Gasteiger partial charge in [-0.2, -0.15) is 0 Å². The zero-order valence-corrected chi connectivity index (χ0v) is 16.8. The third kappa shape index (κ3) is 4.76. The molecule has 15 heteroatoms. The van der Waals surface area contributed by atoms with Crippen molar-refractivity contribution < 1.29 is 74.4 Å². The normalized spacial score (nSPS) is 52.2. The first-order valence-electron chi connectivity index (χ1n) is 9.85. The van der Waals surface area contributed by atoms with Gasteiger partial charge in [0.25, 0.3) is 0 Å². The average molecular weight is 472 g/mol. The van der Waals surface area contributed by atoms with Gasteiger partial charge in [-0.05, 0) is 6.92 Å². The molecule has 3 aliphatic rings. The molecule has 3 heterocycles. The van der Waals surface area contributed by atoms with Crippen molar-refractivity contribution >= 4 is 5.97 Å². The molecule has 0 aliphatic carbocycles. The van der Waals surface area contributed by atoms with Crippen LogP contribution in [-0.4, -0.2) is 145 Å². The molecular weight excluding hydrogens is 444 g/mol. The Hall–Kier alpha value is -1.05. The summed E-state index contributed by atoms with van der Waals surface area (Å²) in [5.74, 6) is -1.65. The topological polar surface area (TPSA) is 245 Å². The molecule has 1 unspecified atom stereocenters. The second-order valence-electron chi connectivity index (χ2n) is 7.87. The van der Waals surface area contributed by atoms with Crippen molar-refractivity contribution in [3.05, 3.63) is 0 Å². The molecule has 9 N–H and O–H groups in total. The molecule has 0 saturated carbocycles. The predicted octanol–water partition coefficient (Wildman–Crippen LogP) is -5.81. The summed E-state index contributed by atoms with van der Waals surface area (Å²) in [5, 5.41) is 88.8. The lowest BCUT2D eigenvalue weighted by atomic mass is 9.97. The number of carbonyl (C=O) groups is 1. The number of hydrogen-bond donors (Lipinski definition) is 9. The van der Waals surface area contributed by atoms with Crippen LogP contribution < -0.4 is 0 Å². The molecule has 3 fully saturated rings. The van der Waals surface area contributed by atoms with Crippen molar-refractivity contribution in [2.75, 3.05) is 6.61 Å². The molecule has 0 aromatic carbocycles. The molecule has 186 valence electrons. The van der Waals surface area contributed by atoms with Gasteiger partial charge in [0.2, 0.25) is 0 Å².